The van der Waals surface area contributed by atoms with Gasteiger partial charge in [-0.25, -0.2) is 0 Å². The Morgan fingerprint density at radius 1 is 1.30 bits per heavy atom. The van der Waals surface area contributed by atoms with Crippen LogP contribution in [0, 0.1) is 13.8 Å². The quantitative estimate of drug-likeness (QED) is 0.830. The molecule has 0 amide bonds. The lowest BCUT2D eigenvalue weighted by atomic mass is 9.98. The molecule has 0 aliphatic heterocycles. The molecule has 1 aromatic carbocycles. The zero-order valence-electron chi connectivity index (χ0n) is 12.3. The molecule has 1 atom stereocenters. The van der Waals surface area contributed by atoms with Gasteiger partial charge in [-0.1, -0.05) is 19.1 Å². The van der Waals surface area contributed by atoms with Gasteiger partial charge in [-0.15, -0.1) is 11.3 Å². The first-order valence-electron chi connectivity index (χ1n) is 6.70. The third-order valence-electron chi connectivity index (χ3n) is 3.41. The maximum absolute atomic E-state index is 5.45. The minimum absolute atomic E-state index is 0.206. The summed E-state index contributed by atoms with van der Waals surface area (Å²) in [5.74, 6) is 0.942. The number of halogens is 1. The predicted molar refractivity (Wildman–Crippen MR) is 90.0 cm³/mol. The molecule has 1 aromatic heterocycles. The van der Waals surface area contributed by atoms with E-state index in [-0.39, 0.29) is 6.04 Å². The van der Waals surface area contributed by atoms with Crippen LogP contribution in [-0.4, -0.2) is 13.7 Å². The monoisotopic (exact) mass is 353 g/mol. The maximum Gasteiger partial charge on any atom is 0.122 e. The summed E-state index contributed by atoms with van der Waals surface area (Å²) in [6, 6.07) is 8.84. The summed E-state index contributed by atoms with van der Waals surface area (Å²) in [5, 5.41) is 3.57. The summed E-state index contributed by atoms with van der Waals surface area (Å²) in [5.41, 5.74) is 3.73. The Bertz CT molecular complexity index is 594. The van der Waals surface area contributed by atoms with Crippen molar-refractivity contribution in [2.45, 2.75) is 26.8 Å². The maximum atomic E-state index is 5.45. The highest BCUT2D eigenvalue weighted by atomic mass is 79.9. The second kappa shape index (κ2) is 6.74. The standard InChI is InChI=1S/C16H20BrNOS/c1-5-18-16(13-9-15(17)20-11(13)3)12-7-6-10(2)14(8-12)19-4/h6-9,16,18H,5H2,1-4H3. The molecule has 2 aromatic rings. The van der Waals surface area contributed by atoms with Crippen molar-refractivity contribution in [3.8, 4) is 5.75 Å². The summed E-state index contributed by atoms with van der Waals surface area (Å²) >= 11 is 5.36. The number of ether oxygens (including phenoxy) is 1. The lowest BCUT2D eigenvalue weighted by molar-refractivity contribution is 0.410. The fraction of sp³-hybridized carbons (Fsp3) is 0.375. The molecule has 20 heavy (non-hydrogen) atoms. The molecule has 108 valence electrons. The van der Waals surface area contributed by atoms with Crippen LogP contribution in [0.3, 0.4) is 0 Å². The van der Waals surface area contributed by atoms with Crippen molar-refractivity contribution in [1.82, 2.24) is 5.32 Å². The average molecular weight is 354 g/mol. The molecule has 0 saturated carbocycles. The molecule has 0 aliphatic carbocycles. The molecule has 1 N–H and O–H groups in total. The van der Waals surface area contributed by atoms with Gasteiger partial charge in [-0.3, -0.25) is 0 Å². The van der Waals surface area contributed by atoms with E-state index in [2.05, 4.69) is 66.3 Å². The van der Waals surface area contributed by atoms with Gasteiger partial charge in [0.15, 0.2) is 0 Å². The number of rotatable bonds is 5. The summed E-state index contributed by atoms with van der Waals surface area (Å²) in [6.45, 7) is 7.29. The number of nitrogens with one attached hydrogen (secondary N) is 1. The molecule has 2 rings (SSSR count). The molecule has 4 heteroatoms. The first-order chi connectivity index (χ1) is 9.56. The van der Waals surface area contributed by atoms with Crippen molar-refractivity contribution in [3.05, 3.63) is 49.6 Å². The van der Waals surface area contributed by atoms with Crippen LogP contribution in [0.4, 0.5) is 0 Å². The van der Waals surface area contributed by atoms with E-state index in [0.29, 0.717) is 0 Å². The van der Waals surface area contributed by atoms with Gasteiger partial charge in [0.2, 0.25) is 0 Å². The number of thiophene rings is 1. The van der Waals surface area contributed by atoms with Gasteiger partial charge in [0.25, 0.3) is 0 Å². The molecule has 0 fully saturated rings. The molecule has 2 nitrogen and oxygen atoms in total. The van der Waals surface area contributed by atoms with Crippen LogP contribution in [0.2, 0.25) is 0 Å². The molecule has 0 saturated heterocycles. The van der Waals surface area contributed by atoms with Gasteiger partial charge in [-0.2, -0.15) is 0 Å². The molecule has 0 bridgehead atoms. The van der Waals surface area contributed by atoms with Crippen LogP contribution < -0.4 is 10.1 Å². The molecule has 1 heterocycles. The fourth-order valence-corrected chi connectivity index (χ4v) is 4.12. The highest BCUT2D eigenvalue weighted by Crippen LogP contribution is 2.35. The first kappa shape index (κ1) is 15.5. The van der Waals surface area contributed by atoms with Gasteiger partial charge >= 0.3 is 0 Å². The highest BCUT2D eigenvalue weighted by Gasteiger charge is 2.18. The molecule has 0 radical (unpaired) electrons. The highest BCUT2D eigenvalue weighted by molar-refractivity contribution is 9.11. The Kier molecular flexibility index (Phi) is 5.24. The topological polar surface area (TPSA) is 21.3 Å². The number of hydrogen-bond acceptors (Lipinski definition) is 3. The first-order valence-corrected chi connectivity index (χ1v) is 8.31. The van der Waals surface area contributed by atoms with Crippen molar-refractivity contribution in [1.29, 1.82) is 0 Å². The minimum atomic E-state index is 0.206. The molecule has 1 unspecified atom stereocenters. The van der Waals surface area contributed by atoms with E-state index in [9.17, 15) is 0 Å². The minimum Gasteiger partial charge on any atom is -0.496 e. The van der Waals surface area contributed by atoms with Crippen molar-refractivity contribution in [2.75, 3.05) is 13.7 Å². The molecule has 0 spiro atoms. The van der Waals surface area contributed by atoms with Crippen LogP contribution >= 0.6 is 27.3 Å². The Morgan fingerprint density at radius 2 is 2.05 bits per heavy atom. The van der Waals surface area contributed by atoms with E-state index < -0.39 is 0 Å². The zero-order chi connectivity index (χ0) is 14.7. The van der Waals surface area contributed by atoms with Crippen LogP contribution in [0.25, 0.3) is 0 Å². The Labute approximate surface area is 133 Å². The van der Waals surface area contributed by atoms with E-state index in [4.69, 9.17) is 4.74 Å². The summed E-state index contributed by atoms with van der Waals surface area (Å²) < 4.78 is 6.62. The van der Waals surface area contributed by atoms with E-state index in [1.807, 2.05) is 0 Å². The van der Waals surface area contributed by atoms with Gasteiger partial charge < -0.3 is 10.1 Å². The zero-order valence-corrected chi connectivity index (χ0v) is 14.7. The predicted octanol–water partition coefficient (Wildman–Crippen LogP) is 4.83. The normalized spacial score (nSPS) is 12.4. The van der Waals surface area contributed by atoms with Crippen molar-refractivity contribution in [2.24, 2.45) is 0 Å². The van der Waals surface area contributed by atoms with E-state index in [1.165, 1.54) is 19.8 Å². The van der Waals surface area contributed by atoms with Crippen LogP contribution in [0.5, 0.6) is 5.75 Å². The second-order valence-electron chi connectivity index (χ2n) is 4.78. The lowest BCUT2D eigenvalue weighted by Gasteiger charge is -2.20. The van der Waals surface area contributed by atoms with Gasteiger partial charge in [0.05, 0.1) is 16.9 Å². The number of benzene rings is 1. The molecule has 0 aliphatic rings. The Balaban J connectivity index is 2.45. The summed E-state index contributed by atoms with van der Waals surface area (Å²) in [4.78, 5) is 1.34. The number of aryl methyl sites for hydroxylation is 2. The van der Waals surface area contributed by atoms with Crippen LogP contribution in [-0.2, 0) is 0 Å². The smallest absolute Gasteiger partial charge is 0.122 e. The van der Waals surface area contributed by atoms with Gasteiger partial charge in [0, 0.05) is 4.88 Å². The molecular weight excluding hydrogens is 334 g/mol. The van der Waals surface area contributed by atoms with E-state index in [1.54, 1.807) is 18.4 Å². The summed E-state index contributed by atoms with van der Waals surface area (Å²) in [6.07, 6.45) is 0. The second-order valence-corrected chi connectivity index (χ2v) is 7.42. The van der Waals surface area contributed by atoms with Crippen molar-refractivity contribution in [3.63, 3.8) is 0 Å². The average Bonchev–Trinajstić information content (AvgIpc) is 2.75. The Hall–Kier alpha value is -0.840. The fourth-order valence-electron chi connectivity index (χ4n) is 2.37. The van der Waals surface area contributed by atoms with E-state index in [0.717, 1.165) is 17.9 Å². The van der Waals surface area contributed by atoms with Crippen molar-refractivity contribution < 1.29 is 4.74 Å². The largest absolute Gasteiger partial charge is 0.496 e. The summed E-state index contributed by atoms with van der Waals surface area (Å²) in [7, 11) is 1.72. The lowest BCUT2D eigenvalue weighted by Crippen LogP contribution is -2.22. The third kappa shape index (κ3) is 3.25. The Morgan fingerprint density at radius 3 is 2.60 bits per heavy atom. The number of hydrogen-bond donors (Lipinski definition) is 1. The number of methoxy groups -OCH3 is 1. The van der Waals surface area contributed by atoms with Crippen LogP contribution in [0.15, 0.2) is 28.1 Å². The molecular formula is C16H20BrNOS. The third-order valence-corrected chi connectivity index (χ3v) is 4.98. The SMILES string of the molecule is CCNC(c1ccc(C)c(OC)c1)c1cc(Br)sc1C. The van der Waals surface area contributed by atoms with Crippen LogP contribution in [0.1, 0.15) is 34.5 Å². The van der Waals surface area contributed by atoms with Gasteiger partial charge in [0.1, 0.15) is 5.75 Å². The van der Waals surface area contributed by atoms with Gasteiger partial charge in [-0.05, 0) is 65.1 Å². The van der Waals surface area contributed by atoms with E-state index >= 15 is 0 Å². The van der Waals surface area contributed by atoms with Crippen molar-refractivity contribution >= 4 is 27.3 Å².